The van der Waals surface area contributed by atoms with Crippen molar-refractivity contribution in [3.63, 3.8) is 0 Å². The van der Waals surface area contributed by atoms with Crippen molar-refractivity contribution in [3.05, 3.63) is 48.0 Å². The Kier molecular flexibility index (Phi) is 2.68. The van der Waals surface area contributed by atoms with Gasteiger partial charge >= 0.3 is 0 Å². The van der Waals surface area contributed by atoms with Crippen LogP contribution in [-0.2, 0) is 15.1 Å². The summed E-state index contributed by atoms with van der Waals surface area (Å²) in [7, 11) is 0. The topological polar surface area (TPSA) is 37.4 Å². The molecule has 1 fully saturated rings. The summed E-state index contributed by atoms with van der Waals surface area (Å²) >= 11 is 0. The van der Waals surface area contributed by atoms with Crippen LogP contribution in [-0.4, -0.2) is 16.7 Å². The van der Waals surface area contributed by atoms with Gasteiger partial charge in [-0.1, -0.05) is 49.4 Å². The highest BCUT2D eigenvalue weighted by Crippen LogP contribution is 2.47. The molecule has 2 aromatic carbocycles. The first-order valence-electron chi connectivity index (χ1n) is 6.81. The van der Waals surface area contributed by atoms with Gasteiger partial charge in [0.2, 0.25) is 11.8 Å². The van der Waals surface area contributed by atoms with Gasteiger partial charge in [0.05, 0.1) is 11.5 Å². The minimum Gasteiger partial charge on any atom is -0.275 e. The Morgan fingerprint density at radius 3 is 2.50 bits per heavy atom. The fourth-order valence-electron chi connectivity index (χ4n) is 3.29. The zero-order valence-electron chi connectivity index (χ0n) is 11.9. The van der Waals surface area contributed by atoms with Gasteiger partial charge in [-0.3, -0.25) is 14.5 Å². The Labute approximate surface area is 118 Å². The number of fused-ring (bicyclic) bond motifs is 1. The normalized spacial score (nSPS) is 25.6. The average molecular weight is 267 g/mol. The number of hydrogen-bond donors (Lipinski definition) is 0. The first-order valence-corrected chi connectivity index (χ1v) is 6.81. The van der Waals surface area contributed by atoms with Crippen molar-refractivity contribution in [3.8, 4) is 0 Å². The van der Waals surface area contributed by atoms with E-state index in [1.54, 1.807) is 0 Å². The molecule has 0 aromatic heterocycles. The fourth-order valence-corrected chi connectivity index (χ4v) is 3.29. The van der Waals surface area contributed by atoms with Crippen molar-refractivity contribution in [2.45, 2.75) is 26.3 Å². The Morgan fingerprint density at radius 2 is 1.80 bits per heavy atom. The average Bonchev–Trinajstić information content (AvgIpc) is 2.45. The Hall–Kier alpha value is -2.16. The monoisotopic (exact) mass is 267 g/mol. The second-order valence-electron chi connectivity index (χ2n) is 5.59. The smallest absolute Gasteiger partial charge is 0.235 e. The predicted molar refractivity (Wildman–Crippen MR) is 78.0 cm³/mol. The van der Waals surface area contributed by atoms with Crippen LogP contribution < -0.4 is 0 Å². The summed E-state index contributed by atoms with van der Waals surface area (Å²) < 4.78 is 0. The molecule has 102 valence electrons. The van der Waals surface area contributed by atoms with E-state index in [9.17, 15) is 9.59 Å². The largest absolute Gasteiger partial charge is 0.275 e. The van der Waals surface area contributed by atoms with Gasteiger partial charge in [-0.15, -0.1) is 0 Å². The molecular formula is C17H17NO2. The minimum absolute atomic E-state index is 0.0899. The standard InChI is InChI=1S/C17H17NO2/c1-11-16(20)18(12(2)19)17(11,3)15-10-6-8-13-7-4-5-9-14(13)15/h4-11H,1-3H3/t11-,17+/m0/s1. The van der Waals surface area contributed by atoms with E-state index in [4.69, 9.17) is 0 Å². The quantitative estimate of drug-likeness (QED) is 0.745. The molecule has 0 unspecified atom stereocenters. The van der Waals surface area contributed by atoms with Crippen molar-refractivity contribution < 1.29 is 9.59 Å². The number of amides is 2. The van der Waals surface area contributed by atoms with E-state index in [-0.39, 0.29) is 17.7 Å². The molecule has 2 amide bonds. The maximum atomic E-state index is 12.0. The molecule has 0 aliphatic carbocycles. The van der Waals surface area contributed by atoms with Crippen LogP contribution in [0.5, 0.6) is 0 Å². The Balaban J connectivity index is 2.24. The minimum atomic E-state index is -0.552. The Bertz CT molecular complexity index is 717. The van der Waals surface area contributed by atoms with Crippen LogP contribution in [0.15, 0.2) is 42.5 Å². The maximum absolute atomic E-state index is 12.0. The third-order valence-electron chi connectivity index (χ3n) is 4.55. The molecule has 0 N–H and O–H groups in total. The third-order valence-corrected chi connectivity index (χ3v) is 4.55. The molecule has 0 bridgehead atoms. The van der Waals surface area contributed by atoms with Crippen LogP contribution in [0.2, 0.25) is 0 Å². The van der Waals surface area contributed by atoms with Gasteiger partial charge < -0.3 is 0 Å². The molecule has 1 heterocycles. The van der Waals surface area contributed by atoms with Crippen LogP contribution in [0.4, 0.5) is 0 Å². The van der Waals surface area contributed by atoms with Crippen molar-refractivity contribution in [1.29, 1.82) is 0 Å². The molecule has 20 heavy (non-hydrogen) atoms. The van der Waals surface area contributed by atoms with Gasteiger partial charge in [0, 0.05) is 6.92 Å². The highest BCUT2D eigenvalue weighted by Gasteiger charge is 2.57. The third kappa shape index (κ3) is 1.46. The number of hydrogen-bond acceptors (Lipinski definition) is 2. The summed E-state index contributed by atoms with van der Waals surface area (Å²) in [6.45, 7) is 5.32. The zero-order valence-corrected chi connectivity index (χ0v) is 11.9. The Morgan fingerprint density at radius 1 is 1.15 bits per heavy atom. The number of carbonyl (C=O) groups is 2. The molecule has 1 saturated heterocycles. The molecule has 0 radical (unpaired) electrons. The lowest BCUT2D eigenvalue weighted by Gasteiger charge is -2.53. The maximum Gasteiger partial charge on any atom is 0.235 e. The van der Waals surface area contributed by atoms with E-state index in [2.05, 4.69) is 0 Å². The second-order valence-corrected chi connectivity index (χ2v) is 5.59. The number of benzene rings is 2. The number of carbonyl (C=O) groups excluding carboxylic acids is 2. The lowest BCUT2D eigenvalue weighted by Crippen LogP contribution is -2.67. The first-order chi connectivity index (χ1) is 9.48. The van der Waals surface area contributed by atoms with E-state index in [1.165, 1.54) is 11.8 Å². The SMILES string of the molecule is CC(=O)N1C(=O)[C@H](C)[C@]1(C)c1cccc2ccccc12. The van der Waals surface area contributed by atoms with E-state index in [0.717, 1.165) is 16.3 Å². The van der Waals surface area contributed by atoms with Crippen LogP contribution in [0, 0.1) is 5.92 Å². The van der Waals surface area contributed by atoms with Gasteiger partial charge in [-0.05, 0) is 23.3 Å². The second kappa shape index (κ2) is 4.17. The number of β-lactam (4-membered cyclic amide) rings is 1. The molecule has 2 aromatic rings. The number of nitrogens with zero attached hydrogens (tertiary/aromatic N) is 1. The van der Waals surface area contributed by atoms with E-state index in [1.807, 2.05) is 56.3 Å². The molecule has 2 atom stereocenters. The molecule has 3 nitrogen and oxygen atoms in total. The van der Waals surface area contributed by atoms with Crippen molar-refractivity contribution >= 4 is 22.6 Å². The number of imide groups is 1. The number of rotatable bonds is 1. The number of likely N-dealkylation sites (tertiary alicyclic amines) is 1. The highest BCUT2D eigenvalue weighted by molar-refractivity contribution is 6.04. The van der Waals surface area contributed by atoms with Gasteiger partial charge in [-0.2, -0.15) is 0 Å². The molecule has 0 saturated carbocycles. The van der Waals surface area contributed by atoms with Crippen molar-refractivity contribution in [2.24, 2.45) is 5.92 Å². The molecule has 1 aliphatic heterocycles. The van der Waals surface area contributed by atoms with E-state index >= 15 is 0 Å². The molecule has 0 spiro atoms. The highest BCUT2D eigenvalue weighted by atomic mass is 16.2. The molecule has 3 rings (SSSR count). The van der Waals surface area contributed by atoms with Gasteiger partial charge in [0.1, 0.15) is 0 Å². The van der Waals surface area contributed by atoms with Crippen molar-refractivity contribution in [2.75, 3.05) is 0 Å². The fraction of sp³-hybridized carbons (Fsp3) is 0.294. The molecular weight excluding hydrogens is 250 g/mol. The van der Waals surface area contributed by atoms with Crippen LogP contribution >= 0.6 is 0 Å². The van der Waals surface area contributed by atoms with Crippen molar-refractivity contribution in [1.82, 2.24) is 4.90 Å². The lowest BCUT2D eigenvalue weighted by atomic mass is 9.69. The van der Waals surface area contributed by atoms with E-state index in [0.29, 0.717) is 0 Å². The first kappa shape index (κ1) is 12.9. The molecule has 3 heteroatoms. The summed E-state index contributed by atoms with van der Waals surface area (Å²) in [5.74, 6) is -0.464. The summed E-state index contributed by atoms with van der Waals surface area (Å²) in [4.78, 5) is 25.2. The summed E-state index contributed by atoms with van der Waals surface area (Å²) in [6.07, 6.45) is 0. The summed E-state index contributed by atoms with van der Waals surface area (Å²) in [5, 5.41) is 2.23. The van der Waals surface area contributed by atoms with Crippen LogP contribution in [0.25, 0.3) is 10.8 Å². The van der Waals surface area contributed by atoms with Gasteiger partial charge in [0.25, 0.3) is 0 Å². The van der Waals surface area contributed by atoms with Crippen LogP contribution in [0.1, 0.15) is 26.3 Å². The summed E-state index contributed by atoms with van der Waals surface area (Å²) in [6, 6.07) is 14.1. The van der Waals surface area contributed by atoms with Crippen LogP contribution in [0.3, 0.4) is 0 Å². The summed E-state index contributed by atoms with van der Waals surface area (Å²) in [5.41, 5.74) is 0.488. The predicted octanol–water partition coefficient (Wildman–Crippen LogP) is 3.08. The van der Waals surface area contributed by atoms with Gasteiger partial charge in [-0.25, -0.2) is 0 Å². The molecule has 1 aliphatic rings. The van der Waals surface area contributed by atoms with Gasteiger partial charge in [0.15, 0.2) is 0 Å². The van der Waals surface area contributed by atoms with E-state index < -0.39 is 5.54 Å². The lowest BCUT2D eigenvalue weighted by molar-refractivity contribution is -0.176. The zero-order chi connectivity index (χ0) is 14.5.